The molecule has 216 valence electrons. The second kappa shape index (κ2) is 12.5. The number of carbonyl (C=O) groups excluding carboxylic acids is 1. The molecule has 0 saturated heterocycles. The molecule has 3 rings (SSSR count). The Balaban J connectivity index is 1.72. The molecular formula is C28H47F5N2O2. The molecule has 1 amide bonds. The van der Waals surface area contributed by atoms with E-state index in [1.807, 2.05) is 5.32 Å². The smallest absolute Gasteiger partial charge is 0.390 e. The number of rotatable bonds is 8. The monoisotopic (exact) mass is 538 g/mol. The molecule has 0 heterocycles. The van der Waals surface area contributed by atoms with Crippen LogP contribution in [0.25, 0.3) is 0 Å². The first kappa shape index (κ1) is 30.6. The van der Waals surface area contributed by atoms with Gasteiger partial charge in [-0.1, -0.05) is 46.5 Å². The summed E-state index contributed by atoms with van der Waals surface area (Å²) in [5.74, 6) is -1.67. The first-order valence-electron chi connectivity index (χ1n) is 14.3. The number of aliphatic hydroxyl groups is 1. The first-order chi connectivity index (χ1) is 17.2. The van der Waals surface area contributed by atoms with Crippen molar-refractivity contribution >= 4 is 5.91 Å². The van der Waals surface area contributed by atoms with Crippen molar-refractivity contribution in [1.82, 2.24) is 10.6 Å². The highest BCUT2D eigenvalue weighted by Gasteiger charge is 2.45. The van der Waals surface area contributed by atoms with Crippen LogP contribution in [0, 0.1) is 23.2 Å². The Morgan fingerprint density at radius 3 is 2.14 bits per heavy atom. The van der Waals surface area contributed by atoms with E-state index in [9.17, 15) is 31.9 Å². The zero-order valence-corrected chi connectivity index (χ0v) is 22.7. The van der Waals surface area contributed by atoms with Gasteiger partial charge in [-0.2, -0.15) is 13.2 Å². The number of carbonyl (C=O) groups is 1. The third-order valence-corrected chi connectivity index (χ3v) is 9.40. The van der Waals surface area contributed by atoms with Crippen LogP contribution in [0.3, 0.4) is 0 Å². The first-order valence-corrected chi connectivity index (χ1v) is 14.3. The predicted octanol–water partition coefficient (Wildman–Crippen LogP) is 6.41. The van der Waals surface area contributed by atoms with Gasteiger partial charge in [0.05, 0.1) is 12.1 Å². The van der Waals surface area contributed by atoms with E-state index in [4.69, 9.17) is 0 Å². The highest BCUT2D eigenvalue weighted by Crippen LogP contribution is 2.47. The van der Waals surface area contributed by atoms with Crippen LogP contribution in [0.4, 0.5) is 22.0 Å². The van der Waals surface area contributed by atoms with Crippen molar-refractivity contribution in [2.75, 3.05) is 6.54 Å². The molecule has 6 unspecified atom stereocenters. The Morgan fingerprint density at radius 2 is 1.57 bits per heavy atom. The maximum Gasteiger partial charge on any atom is 0.471 e. The van der Waals surface area contributed by atoms with Gasteiger partial charge in [-0.3, -0.25) is 4.79 Å². The molecule has 0 radical (unpaired) electrons. The fourth-order valence-corrected chi connectivity index (χ4v) is 7.24. The SMILES string of the molecule is CC(C)(C)C1CCCC(C2(NCC(O)C(CC3CC(F)CC(F)C3)NC(=O)C(F)(F)F)CCCCC2)C1. The van der Waals surface area contributed by atoms with Gasteiger partial charge in [0, 0.05) is 18.5 Å². The molecule has 0 aromatic heterocycles. The van der Waals surface area contributed by atoms with Gasteiger partial charge in [0.2, 0.25) is 0 Å². The van der Waals surface area contributed by atoms with E-state index in [0.29, 0.717) is 11.8 Å². The molecule has 6 atom stereocenters. The second-order valence-electron chi connectivity index (χ2n) is 13.2. The molecule has 3 fully saturated rings. The summed E-state index contributed by atoms with van der Waals surface area (Å²) < 4.78 is 67.1. The average Bonchev–Trinajstić information content (AvgIpc) is 2.81. The Labute approximate surface area is 218 Å². The van der Waals surface area contributed by atoms with Crippen LogP contribution in [-0.2, 0) is 4.79 Å². The van der Waals surface area contributed by atoms with Crippen molar-refractivity contribution in [3.8, 4) is 0 Å². The maximum absolute atomic E-state index is 14.0. The minimum Gasteiger partial charge on any atom is -0.390 e. The number of halogens is 5. The van der Waals surface area contributed by atoms with Crippen molar-refractivity contribution in [1.29, 1.82) is 0 Å². The lowest BCUT2D eigenvalue weighted by Gasteiger charge is -2.50. The number of alkyl halides is 5. The molecule has 3 aliphatic rings. The zero-order valence-electron chi connectivity index (χ0n) is 22.7. The van der Waals surface area contributed by atoms with Gasteiger partial charge < -0.3 is 15.7 Å². The van der Waals surface area contributed by atoms with E-state index in [1.54, 1.807) is 0 Å². The van der Waals surface area contributed by atoms with Crippen LogP contribution >= 0.6 is 0 Å². The lowest BCUT2D eigenvalue weighted by atomic mass is 9.61. The van der Waals surface area contributed by atoms with E-state index in [1.165, 1.54) is 6.42 Å². The highest BCUT2D eigenvalue weighted by atomic mass is 19.4. The summed E-state index contributed by atoms with van der Waals surface area (Å²) in [6, 6.07) is -1.24. The van der Waals surface area contributed by atoms with Gasteiger partial charge in [0.1, 0.15) is 12.3 Å². The van der Waals surface area contributed by atoms with E-state index >= 15 is 0 Å². The standard InChI is InChI=1S/C28H47F5N2O2/c1-26(2,3)19-8-7-9-20(15-19)27(10-5-4-6-11-27)34-17-24(36)23(35-25(37)28(31,32)33)14-18-12-21(29)16-22(30)13-18/h18-24,34,36H,4-17H2,1-3H3,(H,35,37). The van der Waals surface area contributed by atoms with Crippen LogP contribution < -0.4 is 10.6 Å². The number of β-amino-alcohol motifs (C(OH)–C–C–N with tert-alkyl or cyclic N) is 1. The fraction of sp³-hybridized carbons (Fsp3) is 0.964. The molecule has 37 heavy (non-hydrogen) atoms. The van der Waals surface area contributed by atoms with Crippen molar-refractivity contribution < 1.29 is 31.9 Å². The largest absolute Gasteiger partial charge is 0.471 e. The number of hydrogen-bond acceptors (Lipinski definition) is 3. The molecule has 0 aliphatic heterocycles. The van der Waals surface area contributed by atoms with Gasteiger partial charge in [-0.15, -0.1) is 0 Å². The van der Waals surface area contributed by atoms with Crippen LogP contribution in [0.2, 0.25) is 0 Å². The van der Waals surface area contributed by atoms with Crippen LogP contribution in [0.5, 0.6) is 0 Å². The van der Waals surface area contributed by atoms with E-state index in [-0.39, 0.29) is 43.2 Å². The molecule has 0 aromatic rings. The lowest BCUT2D eigenvalue weighted by molar-refractivity contribution is -0.175. The van der Waals surface area contributed by atoms with Gasteiger partial charge in [0.25, 0.3) is 0 Å². The molecule has 9 heteroatoms. The number of nitrogens with one attached hydrogen (secondary N) is 2. The highest BCUT2D eigenvalue weighted by molar-refractivity contribution is 5.82. The Kier molecular flexibility index (Phi) is 10.3. The van der Waals surface area contributed by atoms with Crippen molar-refractivity contribution in [2.45, 2.75) is 140 Å². The predicted molar refractivity (Wildman–Crippen MR) is 134 cm³/mol. The van der Waals surface area contributed by atoms with Crippen LogP contribution in [-0.4, -0.2) is 53.8 Å². The summed E-state index contributed by atoms with van der Waals surface area (Å²) >= 11 is 0. The van der Waals surface area contributed by atoms with Crippen molar-refractivity contribution in [3.63, 3.8) is 0 Å². The zero-order chi connectivity index (χ0) is 27.4. The Bertz CT molecular complexity index is 725. The van der Waals surface area contributed by atoms with Crippen molar-refractivity contribution in [2.24, 2.45) is 23.2 Å². The molecule has 0 bridgehead atoms. The summed E-state index contributed by atoms with van der Waals surface area (Å²) in [6.45, 7) is 6.85. The Hall–Kier alpha value is -0.960. The molecular weight excluding hydrogens is 491 g/mol. The Morgan fingerprint density at radius 1 is 0.946 bits per heavy atom. The van der Waals surface area contributed by atoms with E-state index in [2.05, 4.69) is 26.1 Å². The van der Waals surface area contributed by atoms with E-state index < -0.39 is 42.5 Å². The second-order valence-corrected chi connectivity index (χ2v) is 13.2. The number of hydrogen-bond donors (Lipinski definition) is 3. The normalized spacial score (nSPS) is 32.9. The number of amides is 1. The van der Waals surface area contributed by atoms with Crippen molar-refractivity contribution in [3.05, 3.63) is 0 Å². The summed E-state index contributed by atoms with van der Waals surface area (Å²) in [6.07, 6.45) is 0.295. The molecule has 0 spiro atoms. The minimum atomic E-state index is -5.10. The third-order valence-electron chi connectivity index (χ3n) is 9.40. The van der Waals surface area contributed by atoms with Gasteiger partial charge in [0.15, 0.2) is 0 Å². The molecule has 3 N–H and O–H groups in total. The summed E-state index contributed by atoms with van der Waals surface area (Å²) in [4.78, 5) is 11.8. The quantitative estimate of drug-likeness (QED) is 0.313. The molecule has 0 aromatic carbocycles. The van der Waals surface area contributed by atoms with Gasteiger partial charge >= 0.3 is 12.1 Å². The number of aliphatic hydroxyl groups excluding tert-OH is 1. The lowest BCUT2D eigenvalue weighted by Crippen LogP contribution is -2.59. The van der Waals surface area contributed by atoms with Crippen LogP contribution in [0.15, 0.2) is 0 Å². The van der Waals surface area contributed by atoms with Gasteiger partial charge in [-0.25, -0.2) is 8.78 Å². The molecule has 3 aliphatic carbocycles. The maximum atomic E-state index is 14.0. The molecule has 4 nitrogen and oxygen atoms in total. The van der Waals surface area contributed by atoms with Gasteiger partial charge in [-0.05, 0) is 74.5 Å². The third kappa shape index (κ3) is 8.51. The summed E-state index contributed by atoms with van der Waals surface area (Å²) in [7, 11) is 0. The minimum absolute atomic E-state index is 0.0269. The average molecular weight is 539 g/mol. The molecule has 3 saturated carbocycles. The van der Waals surface area contributed by atoms with Crippen LogP contribution in [0.1, 0.15) is 104 Å². The topological polar surface area (TPSA) is 61.4 Å². The fourth-order valence-electron chi connectivity index (χ4n) is 7.24. The van der Waals surface area contributed by atoms with E-state index in [0.717, 1.165) is 51.4 Å². The summed E-state index contributed by atoms with van der Waals surface area (Å²) in [5, 5.41) is 16.6. The summed E-state index contributed by atoms with van der Waals surface area (Å²) in [5.41, 5.74) is 0.00418.